The number of ketones is 1. The molecule has 18 heavy (non-hydrogen) atoms. The van der Waals surface area contributed by atoms with Crippen LogP contribution in [0.5, 0.6) is 0 Å². The number of carbonyl (C=O) groups is 1. The van der Waals surface area contributed by atoms with Gasteiger partial charge >= 0.3 is 0 Å². The van der Waals surface area contributed by atoms with Crippen molar-refractivity contribution in [3.8, 4) is 0 Å². The fourth-order valence-electron chi connectivity index (χ4n) is 1.75. The summed E-state index contributed by atoms with van der Waals surface area (Å²) < 4.78 is 1.64. The molecular weight excluding hydrogens is 228 g/mol. The van der Waals surface area contributed by atoms with Gasteiger partial charge in [0.05, 0.1) is 6.20 Å². The molecule has 0 amide bonds. The van der Waals surface area contributed by atoms with E-state index in [2.05, 4.69) is 10.3 Å². The molecule has 1 aromatic heterocycles. The Morgan fingerprint density at radius 3 is 2.67 bits per heavy atom. The highest BCUT2D eigenvalue weighted by molar-refractivity contribution is 6.07. The van der Waals surface area contributed by atoms with E-state index in [4.69, 9.17) is 5.73 Å². The number of aryl methyl sites for hydroxylation is 1. The predicted octanol–water partition coefficient (Wildman–Crippen LogP) is 1.38. The molecule has 2 N–H and O–H groups in total. The van der Waals surface area contributed by atoms with E-state index >= 15 is 0 Å². The van der Waals surface area contributed by atoms with Gasteiger partial charge in [0.1, 0.15) is 5.69 Å². The standard InChI is InChI=1S/C13H16N4O/c1-2-7-17-12(9-15-16-17)13(18)11-5-3-10(8-14)4-6-11/h3-6,9H,2,7-8,14H2,1H3. The minimum Gasteiger partial charge on any atom is -0.326 e. The number of nitrogens with two attached hydrogens (primary N) is 1. The third-order valence-corrected chi connectivity index (χ3v) is 2.74. The minimum absolute atomic E-state index is 0.0583. The summed E-state index contributed by atoms with van der Waals surface area (Å²) in [4.78, 5) is 12.3. The van der Waals surface area contributed by atoms with Crippen molar-refractivity contribution >= 4 is 5.78 Å². The Kier molecular flexibility index (Phi) is 3.84. The Labute approximate surface area is 106 Å². The lowest BCUT2D eigenvalue weighted by molar-refractivity contribution is 0.102. The Morgan fingerprint density at radius 1 is 1.33 bits per heavy atom. The minimum atomic E-state index is -0.0583. The molecule has 0 aliphatic carbocycles. The SMILES string of the molecule is CCCn1nncc1C(=O)c1ccc(CN)cc1. The van der Waals surface area contributed by atoms with Crippen molar-refractivity contribution < 1.29 is 4.79 Å². The molecule has 94 valence electrons. The summed E-state index contributed by atoms with van der Waals surface area (Å²) in [7, 11) is 0. The number of hydrogen-bond acceptors (Lipinski definition) is 4. The van der Waals surface area contributed by atoms with Gasteiger partial charge in [0.2, 0.25) is 5.78 Å². The summed E-state index contributed by atoms with van der Waals surface area (Å²) in [5, 5.41) is 7.71. The number of aromatic nitrogens is 3. The van der Waals surface area contributed by atoms with E-state index in [1.165, 1.54) is 6.20 Å². The van der Waals surface area contributed by atoms with Crippen LogP contribution < -0.4 is 5.73 Å². The number of carbonyl (C=O) groups excluding carboxylic acids is 1. The maximum Gasteiger partial charge on any atom is 0.212 e. The van der Waals surface area contributed by atoms with Crippen molar-refractivity contribution in [2.24, 2.45) is 5.73 Å². The first-order valence-corrected chi connectivity index (χ1v) is 5.98. The average molecular weight is 244 g/mol. The Balaban J connectivity index is 2.26. The molecule has 0 aliphatic heterocycles. The van der Waals surface area contributed by atoms with Gasteiger partial charge in [0.25, 0.3) is 0 Å². The van der Waals surface area contributed by atoms with Crippen LogP contribution >= 0.6 is 0 Å². The van der Waals surface area contributed by atoms with Gasteiger partial charge in [0.15, 0.2) is 0 Å². The quantitative estimate of drug-likeness (QED) is 0.806. The summed E-state index contributed by atoms with van der Waals surface area (Å²) in [6, 6.07) is 7.30. The molecule has 0 fully saturated rings. The highest BCUT2D eigenvalue weighted by atomic mass is 16.1. The molecule has 1 heterocycles. The van der Waals surface area contributed by atoms with Gasteiger partial charge in [-0.3, -0.25) is 4.79 Å². The van der Waals surface area contributed by atoms with Crippen LogP contribution in [0.1, 0.15) is 35.0 Å². The Morgan fingerprint density at radius 2 is 2.06 bits per heavy atom. The van der Waals surface area contributed by atoms with Gasteiger partial charge < -0.3 is 5.73 Å². The number of benzene rings is 1. The smallest absolute Gasteiger partial charge is 0.212 e. The molecule has 5 nitrogen and oxygen atoms in total. The molecule has 0 atom stereocenters. The lowest BCUT2D eigenvalue weighted by Gasteiger charge is -2.04. The fraction of sp³-hybridized carbons (Fsp3) is 0.308. The summed E-state index contributed by atoms with van der Waals surface area (Å²) in [6.45, 7) is 3.21. The molecule has 0 saturated heterocycles. The van der Waals surface area contributed by atoms with Crippen LogP contribution in [0.15, 0.2) is 30.5 Å². The fourth-order valence-corrected chi connectivity index (χ4v) is 1.75. The molecule has 0 radical (unpaired) electrons. The molecule has 2 rings (SSSR count). The van der Waals surface area contributed by atoms with Crippen LogP contribution in [0.2, 0.25) is 0 Å². The van der Waals surface area contributed by atoms with Gasteiger partial charge in [-0.05, 0) is 12.0 Å². The third kappa shape index (κ3) is 2.46. The molecule has 0 saturated carbocycles. The zero-order chi connectivity index (χ0) is 13.0. The Hall–Kier alpha value is -2.01. The zero-order valence-electron chi connectivity index (χ0n) is 10.3. The van der Waals surface area contributed by atoms with Crippen LogP contribution in [0.3, 0.4) is 0 Å². The highest BCUT2D eigenvalue weighted by Crippen LogP contribution is 2.10. The summed E-state index contributed by atoms with van der Waals surface area (Å²) >= 11 is 0. The van der Waals surface area contributed by atoms with E-state index in [0.29, 0.717) is 24.3 Å². The van der Waals surface area contributed by atoms with Crippen LogP contribution in [0.25, 0.3) is 0 Å². The van der Waals surface area contributed by atoms with Gasteiger partial charge in [-0.25, -0.2) is 4.68 Å². The predicted molar refractivity (Wildman–Crippen MR) is 68.1 cm³/mol. The zero-order valence-corrected chi connectivity index (χ0v) is 10.3. The molecular formula is C13H16N4O. The van der Waals surface area contributed by atoms with Crippen molar-refractivity contribution in [1.29, 1.82) is 0 Å². The van der Waals surface area contributed by atoms with E-state index in [-0.39, 0.29) is 5.78 Å². The van der Waals surface area contributed by atoms with E-state index in [0.717, 1.165) is 12.0 Å². The Bertz CT molecular complexity index is 530. The van der Waals surface area contributed by atoms with E-state index in [9.17, 15) is 4.79 Å². The first-order chi connectivity index (χ1) is 8.76. The van der Waals surface area contributed by atoms with Crippen LogP contribution in [0.4, 0.5) is 0 Å². The van der Waals surface area contributed by atoms with Gasteiger partial charge in [0, 0.05) is 18.7 Å². The van der Waals surface area contributed by atoms with E-state index < -0.39 is 0 Å². The molecule has 0 unspecified atom stereocenters. The number of nitrogens with zero attached hydrogens (tertiary/aromatic N) is 3. The van der Waals surface area contributed by atoms with Crippen molar-refractivity contribution in [3.05, 3.63) is 47.3 Å². The van der Waals surface area contributed by atoms with Crippen molar-refractivity contribution in [1.82, 2.24) is 15.0 Å². The summed E-state index contributed by atoms with van der Waals surface area (Å²) in [6.07, 6.45) is 2.42. The van der Waals surface area contributed by atoms with Crippen LogP contribution in [-0.4, -0.2) is 20.8 Å². The van der Waals surface area contributed by atoms with Crippen LogP contribution in [0, 0.1) is 0 Å². The number of hydrogen-bond donors (Lipinski definition) is 1. The van der Waals surface area contributed by atoms with Crippen molar-refractivity contribution in [2.75, 3.05) is 0 Å². The highest BCUT2D eigenvalue weighted by Gasteiger charge is 2.14. The average Bonchev–Trinajstić information content (AvgIpc) is 2.87. The molecule has 0 aliphatic rings. The lowest BCUT2D eigenvalue weighted by atomic mass is 10.1. The van der Waals surface area contributed by atoms with Crippen LogP contribution in [-0.2, 0) is 13.1 Å². The first kappa shape index (κ1) is 12.4. The van der Waals surface area contributed by atoms with E-state index in [1.54, 1.807) is 16.8 Å². The van der Waals surface area contributed by atoms with Gasteiger partial charge in [-0.15, -0.1) is 5.10 Å². The third-order valence-electron chi connectivity index (χ3n) is 2.74. The monoisotopic (exact) mass is 244 g/mol. The lowest BCUT2D eigenvalue weighted by Crippen LogP contribution is -2.11. The molecule has 5 heteroatoms. The number of rotatable bonds is 5. The van der Waals surface area contributed by atoms with Gasteiger partial charge in [-0.1, -0.05) is 36.4 Å². The summed E-state index contributed by atoms with van der Waals surface area (Å²) in [5.74, 6) is -0.0583. The normalized spacial score (nSPS) is 10.6. The molecule has 0 bridgehead atoms. The molecule has 0 spiro atoms. The molecule has 1 aromatic carbocycles. The maximum atomic E-state index is 12.3. The first-order valence-electron chi connectivity index (χ1n) is 5.98. The van der Waals surface area contributed by atoms with Gasteiger partial charge in [-0.2, -0.15) is 0 Å². The second-order valence-corrected chi connectivity index (χ2v) is 4.07. The van der Waals surface area contributed by atoms with Crippen molar-refractivity contribution in [2.45, 2.75) is 26.4 Å². The van der Waals surface area contributed by atoms with Crippen molar-refractivity contribution in [3.63, 3.8) is 0 Å². The summed E-state index contributed by atoms with van der Waals surface area (Å²) in [5.41, 5.74) is 7.69. The second-order valence-electron chi connectivity index (χ2n) is 4.07. The maximum absolute atomic E-state index is 12.3. The second kappa shape index (κ2) is 5.55. The topological polar surface area (TPSA) is 73.8 Å². The van der Waals surface area contributed by atoms with E-state index in [1.807, 2.05) is 19.1 Å². The largest absolute Gasteiger partial charge is 0.326 e. The molecule has 2 aromatic rings.